The van der Waals surface area contributed by atoms with Gasteiger partial charge in [0.25, 0.3) is 5.91 Å². The van der Waals surface area contributed by atoms with E-state index in [0.29, 0.717) is 6.42 Å². The van der Waals surface area contributed by atoms with Crippen LogP contribution >= 0.6 is 0 Å². The molecule has 1 aliphatic rings. The van der Waals surface area contributed by atoms with E-state index in [1.54, 1.807) is 0 Å². The molecule has 2 aromatic rings. The number of fused-ring (bicyclic) bond motifs is 1. The fourth-order valence-electron chi connectivity index (χ4n) is 3.39. The minimum Gasteiger partial charge on any atom is -0.349 e. The fraction of sp³-hybridized carbons (Fsp3) is 0.368. The number of rotatable bonds is 4. The highest BCUT2D eigenvalue weighted by atomic mass is 16.2. The van der Waals surface area contributed by atoms with Crippen LogP contribution in [-0.2, 0) is 17.8 Å². The van der Waals surface area contributed by atoms with E-state index < -0.39 is 0 Å². The predicted molar refractivity (Wildman–Crippen MR) is 94.2 cm³/mol. The SMILES string of the molecule is CCn1c(C)cc(C(=O)N[C@H](C)c2ccc3c(c2)CC(=O)N3)c1C. The molecule has 1 aliphatic heterocycles. The quantitative estimate of drug-likeness (QED) is 0.907. The molecule has 2 N–H and O–H groups in total. The van der Waals surface area contributed by atoms with Gasteiger partial charge in [0.1, 0.15) is 0 Å². The Morgan fingerprint density at radius 2 is 2.08 bits per heavy atom. The standard InChI is InChI=1S/C19H23N3O2/c1-5-22-11(2)8-16(13(22)4)19(24)20-12(3)14-6-7-17-15(9-14)10-18(23)21-17/h6-9,12H,5,10H2,1-4H3,(H,20,24)(H,21,23)/t12-/m1/s1. The van der Waals surface area contributed by atoms with Gasteiger partial charge in [-0.2, -0.15) is 0 Å². The monoisotopic (exact) mass is 325 g/mol. The van der Waals surface area contributed by atoms with Crippen LogP contribution in [0.3, 0.4) is 0 Å². The van der Waals surface area contributed by atoms with Crippen LogP contribution in [-0.4, -0.2) is 16.4 Å². The van der Waals surface area contributed by atoms with Crippen molar-refractivity contribution >= 4 is 17.5 Å². The summed E-state index contributed by atoms with van der Waals surface area (Å²) in [6, 6.07) is 7.66. The van der Waals surface area contributed by atoms with E-state index >= 15 is 0 Å². The van der Waals surface area contributed by atoms with Crippen molar-refractivity contribution in [3.05, 3.63) is 52.3 Å². The predicted octanol–water partition coefficient (Wildman–Crippen LogP) is 3.11. The molecule has 0 saturated carbocycles. The van der Waals surface area contributed by atoms with Gasteiger partial charge < -0.3 is 15.2 Å². The second-order valence-corrected chi connectivity index (χ2v) is 6.37. The molecule has 1 aromatic carbocycles. The second-order valence-electron chi connectivity index (χ2n) is 6.37. The Kier molecular flexibility index (Phi) is 4.18. The number of amides is 2. The smallest absolute Gasteiger partial charge is 0.253 e. The number of hydrogen-bond acceptors (Lipinski definition) is 2. The molecule has 24 heavy (non-hydrogen) atoms. The highest BCUT2D eigenvalue weighted by molar-refractivity contribution is 5.99. The van der Waals surface area contributed by atoms with E-state index in [1.807, 2.05) is 45.0 Å². The molecule has 0 unspecified atom stereocenters. The number of nitrogens with one attached hydrogen (secondary N) is 2. The van der Waals surface area contributed by atoms with Crippen molar-refractivity contribution < 1.29 is 9.59 Å². The van der Waals surface area contributed by atoms with E-state index in [1.165, 1.54) is 0 Å². The van der Waals surface area contributed by atoms with E-state index in [4.69, 9.17) is 0 Å². The molecule has 0 spiro atoms. The summed E-state index contributed by atoms with van der Waals surface area (Å²) in [7, 11) is 0. The number of aromatic nitrogens is 1. The number of carbonyl (C=O) groups excluding carboxylic acids is 2. The molecule has 0 bridgehead atoms. The molecule has 1 atom stereocenters. The summed E-state index contributed by atoms with van der Waals surface area (Å²) in [5.74, 6) is -0.0455. The third-order valence-electron chi connectivity index (χ3n) is 4.74. The van der Waals surface area contributed by atoms with Gasteiger partial charge in [-0.25, -0.2) is 0 Å². The Morgan fingerprint density at radius 3 is 2.75 bits per heavy atom. The van der Waals surface area contributed by atoms with Crippen LogP contribution in [0.15, 0.2) is 24.3 Å². The van der Waals surface area contributed by atoms with Gasteiger partial charge in [-0.15, -0.1) is 0 Å². The summed E-state index contributed by atoms with van der Waals surface area (Å²) in [4.78, 5) is 24.1. The van der Waals surface area contributed by atoms with Gasteiger partial charge in [0.15, 0.2) is 0 Å². The number of carbonyl (C=O) groups is 2. The highest BCUT2D eigenvalue weighted by Gasteiger charge is 2.21. The lowest BCUT2D eigenvalue weighted by atomic mass is 10.0. The number of nitrogens with zero attached hydrogens (tertiary/aromatic N) is 1. The highest BCUT2D eigenvalue weighted by Crippen LogP contribution is 2.26. The van der Waals surface area contributed by atoms with Gasteiger partial charge in [-0.05, 0) is 51.0 Å². The summed E-state index contributed by atoms with van der Waals surface area (Å²) in [5, 5.41) is 5.89. The Bertz CT molecular complexity index is 820. The maximum Gasteiger partial charge on any atom is 0.253 e. The number of benzene rings is 1. The first-order valence-electron chi connectivity index (χ1n) is 8.31. The normalized spacial score (nSPS) is 14.2. The van der Waals surface area contributed by atoms with Crippen LogP contribution in [0.2, 0.25) is 0 Å². The Labute approximate surface area is 142 Å². The maximum atomic E-state index is 12.6. The first kappa shape index (κ1) is 16.3. The summed E-state index contributed by atoms with van der Waals surface area (Å²) in [6.07, 6.45) is 0.404. The number of hydrogen-bond donors (Lipinski definition) is 2. The summed E-state index contributed by atoms with van der Waals surface area (Å²) in [5.41, 5.74) is 5.66. The third-order valence-corrected chi connectivity index (χ3v) is 4.74. The molecule has 1 aromatic heterocycles. The van der Waals surface area contributed by atoms with E-state index in [-0.39, 0.29) is 17.9 Å². The maximum absolute atomic E-state index is 12.6. The van der Waals surface area contributed by atoms with Crippen LogP contribution in [0.1, 0.15) is 52.8 Å². The lowest BCUT2D eigenvalue weighted by molar-refractivity contribution is -0.115. The molecule has 0 saturated heterocycles. The van der Waals surface area contributed by atoms with Crippen LogP contribution in [0.5, 0.6) is 0 Å². The van der Waals surface area contributed by atoms with Crippen molar-refractivity contribution in [2.24, 2.45) is 0 Å². The molecule has 2 heterocycles. The van der Waals surface area contributed by atoms with Crippen molar-refractivity contribution in [3.8, 4) is 0 Å². The van der Waals surface area contributed by atoms with Gasteiger partial charge in [-0.1, -0.05) is 12.1 Å². The van der Waals surface area contributed by atoms with Crippen LogP contribution in [0, 0.1) is 13.8 Å². The second kappa shape index (κ2) is 6.15. The minimum atomic E-state index is -0.122. The molecule has 0 aliphatic carbocycles. The first-order chi connectivity index (χ1) is 11.4. The van der Waals surface area contributed by atoms with Crippen LogP contribution in [0.25, 0.3) is 0 Å². The van der Waals surface area contributed by atoms with E-state index in [9.17, 15) is 9.59 Å². The molecule has 0 fully saturated rings. The molecule has 126 valence electrons. The lowest BCUT2D eigenvalue weighted by Gasteiger charge is -2.15. The van der Waals surface area contributed by atoms with Gasteiger partial charge in [-0.3, -0.25) is 9.59 Å². The lowest BCUT2D eigenvalue weighted by Crippen LogP contribution is -2.27. The summed E-state index contributed by atoms with van der Waals surface area (Å²) in [6.45, 7) is 8.88. The van der Waals surface area contributed by atoms with Crippen molar-refractivity contribution in [2.45, 2.75) is 46.7 Å². The summed E-state index contributed by atoms with van der Waals surface area (Å²) < 4.78 is 2.13. The zero-order valence-electron chi connectivity index (χ0n) is 14.6. The Morgan fingerprint density at radius 1 is 1.33 bits per heavy atom. The fourth-order valence-corrected chi connectivity index (χ4v) is 3.39. The van der Waals surface area contributed by atoms with Crippen molar-refractivity contribution in [2.75, 3.05) is 5.32 Å². The van der Waals surface area contributed by atoms with E-state index in [2.05, 4.69) is 22.1 Å². The molecule has 5 heteroatoms. The van der Waals surface area contributed by atoms with Crippen LogP contribution in [0.4, 0.5) is 5.69 Å². The average Bonchev–Trinajstić information content (AvgIpc) is 3.04. The molecule has 3 rings (SSSR count). The van der Waals surface area contributed by atoms with Crippen molar-refractivity contribution in [3.63, 3.8) is 0 Å². The third kappa shape index (κ3) is 2.82. The Hall–Kier alpha value is -2.56. The average molecular weight is 325 g/mol. The number of aryl methyl sites for hydroxylation is 1. The number of anilines is 1. The summed E-state index contributed by atoms with van der Waals surface area (Å²) >= 11 is 0. The molecule has 5 nitrogen and oxygen atoms in total. The topological polar surface area (TPSA) is 63.1 Å². The van der Waals surface area contributed by atoms with E-state index in [0.717, 1.165) is 40.3 Å². The largest absolute Gasteiger partial charge is 0.349 e. The molecule has 0 radical (unpaired) electrons. The van der Waals surface area contributed by atoms with Gasteiger partial charge in [0, 0.05) is 23.6 Å². The van der Waals surface area contributed by atoms with Gasteiger partial charge in [0.05, 0.1) is 18.0 Å². The first-order valence-corrected chi connectivity index (χ1v) is 8.31. The van der Waals surface area contributed by atoms with Crippen molar-refractivity contribution in [1.29, 1.82) is 0 Å². The minimum absolute atomic E-state index is 0.0193. The van der Waals surface area contributed by atoms with Crippen LogP contribution < -0.4 is 10.6 Å². The zero-order valence-corrected chi connectivity index (χ0v) is 14.6. The molecule has 2 amide bonds. The Balaban J connectivity index is 1.78. The van der Waals surface area contributed by atoms with Gasteiger partial charge >= 0.3 is 0 Å². The molecular formula is C19H23N3O2. The zero-order chi connectivity index (χ0) is 17.4. The molecular weight excluding hydrogens is 302 g/mol. The van der Waals surface area contributed by atoms with Gasteiger partial charge in [0.2, 0.25) is 5.91 Å². The van der Waals surface area contributed by atoms with Crippen molar-refractivity contribution in [1.82, 2.24) is 9.88 Å².